The molecule has 0 spiro atoms. The molecule has 35 heavy (non-hydrogen) atoms. The maximum atomic E-state index is 13.4. The van der Waals surface area contributed by atoms with E-state index in [2.05, 4.69) is 98.3 Å². The number of hydrogen-bond acceptors (Lipinski definition) is 7. The van der Waals surface area contributed by atoms with E-state index in [1.54, 1.807) is 6.92 Å². The average Bonchev–Trinajstić information content (AvgIpc) is 2.74. The molecule has 0 aliphatic carbocycles. The summed E-state index contributed by atoms with van der Waals surface area (Å²) in [4.78, 5) is 43.8. The molecule has 2 atom stereocenters. The first-order valence-corrected chi connectivity index (χ1v) is 10.2. The monoisotopic (exact) mass is 508 g/mol. The predicted octanol–water partition coefficient (Wildman–Crippen LogP) is -6.88. The molecule has 0 aliphatic rings. The first kappa shape index (κ1) is 37.1. The van der Waals surface area contributed by atoms with E-state index < -0.39 is 44.6 Å². The molecule has 0 aromatic rings. The van der Waals surface area contributed by atoms with Crippen molar-refractivity contribution in [1.82, 2.24) is 0 Å². The van der Waals surface area contributed by atoms with Crippen LogP contribution >= 0.6 is 7.60 Å². The van der Waals surface area contributed by atoms with Crippen LogP contribution in [-0.4, -0.2) is 30.6 Å². The fourth-order valence-corrected chi connectivity index (χ4v) is 1.90. The van der Waals surface area contributed by atoms with Gasteiger partial charge in [0.15, 0.2) is 0 Å². The molecule has 0 rings (SSSR count). The molecule has 0 heterocycles. The number of ether oxygens (including phenoxy) is 2. The molecule has 11 heteroatoms. The van der Waals surface area contributed by atoms with E-state index in [-0.39, 0.29) is 59.1 Å². The van der Waals surface area contributed by atoms with Crippen molar-refractivity contribution in [1.29, 1.82) is 0 Å². The molecule has 0 fully saturated rings. The summed E-state index contributed by atoms with van der Waals surface area (Å²) in [6.45, 7) is 2.02. The second-order valence-corrected chi connectivity index (χ2v) is 6.80. The summed E-state index contributed by atoms with van der Waals surface area (Å²) in [5, 5.41) is 0. The topological polar surface area (TPSA) is 116 Å². The fraction of sp³-hybridized carbons (Fsp3) is 0.250. The molecule has 1 unspecified atom stereocenters. The van der Waals surface area contributed by atoms with Gasteiger partial charge in [-0.25, -0.2) is 9.18 Å². The van der Waals surface area contributed by atoms with Gasteiger partial charge in [0.2, 0.25) is 0 Å². The molecule has 0 N–H and O–H groups in total. The Morgan fingerprint density at radius 3 is 1.60 bits per heavy atom. The van der Waals surface area contributed by atoms with Gasteiger partial charge in [0, 0.05) is 19.3 Å². The van der Waals surface area contributed by atoms with Crippen LogP contribution in [0, 0.1) is 94.7 Å². The zero-order valence-electron chi connectivity index (χ0n) is 19.3. The summed E-state index contributed by atoms with van der Waals surface area (Å²) in [6.07, 6.45) is -2.55. The van der Waals surface area contributed by atoms with Gasteiger partial charge in [0.05, 0.1) is 0 Å². The molecule has 0 amide bonds. The van der Waals surface area contributed by atoms with Crippen LogP contribution in [0.5, 0.6) is 0 Å². The first-order chi connectivity index (χ1) is 15.7. The van der Waals surface area contributed by atoms with Crippen LogP contribution in [0.2, 0.25) is 0 Å². The molecule has 0 bridgehead atoms. The third-order valence-corrected chi connectivity index (χ3v) is 3.55. The van der Waals surface area contributed by atoms with Crippen molar-refractivity contribution in [2.75, 3.05) is 6.61 Å². The molecular formula is C24H12FNa2O7P. The standard InChI is InChI=1S/C24H14FO7P.2Na/c1-3-4-5-6-7-8-9-10-11-12-13-14-15-16-17-18-24(27)32-22(20-31-21(2)26)19-23(25)33(28,29)30;;/h22-23H,19-20H2,1-2H3,(H2,28,29,30);;/q;2*+1/p-2/t22-,23?;;/m0../s1. The molecule has 0 aromatic heterocycles. The predicted molar refractivity (Wildman–Crippen MR) is 112 cm³/mol. The van der Waals surface area contributed by atoms with Crippen LogP contribution in [0.3, 0.4) is 0 Å². The summed E-state index contributed by atoms with van der Waals surface area (Å²) >= 11 is 0. The van der Waals surface area contributed by atoms with Gasteiger partial charge in [-0.1, -0.05) is 5.92 Å². The number of rotatable bonds is 6. The maximum absolute atomic E-state index is 13.4. The molecule has 0 aromatic carbocycles. The van der Waals surface area contributed by atoms with Gasteiger partial charge >= 0.3 is 71.1 Å². The Morgan fingerprint density at radius 2 is 1.23 bits per heavy atom. The van der Waals surface area contributed by atoms with E-state index in [4.69, 9.17) is 0 Å². The van der Waals surface area contributed by atoms with Gasteiger partial charge < -0.3 is 23.8 Å². The molecule has 0 radical (unpaired) electrons. The zero-order valence-corrected chi connectivity index (χ0v) is 24.1. The molecule has 7 nitrogen and oxygen atoms in total. The fourth-order valence-electron chi connectivity index (χ4n) is 1.41. The van der Waals surface area contributed by atoms with Gasteiger partial charge in [0.1, 0.15) is 18.6 Å². The molecular weight excluding hydrogens is 496 g/mol. The Bertz CT molecular complexity index is 1310. The van der Waals surface area contributed by atoms with E-state index >= 15 is 0 Å². The minimum atomic E-state index is -5.56. The normalized spacial score (nSPS) is 9.06. The Balaban J connectivity index is -0.00000512. The van der Waals surface area contributed by atoms with Crippen LogP contribution in [-0.2, 0) is 23.6 Å². The summed E-state index contributed by atoms with van der Waals surface area (Å²) in [7, 11) is -5.56. The van der Waals surface area contributed by atoms with Gasteiger partial charge in [0.25, 0.3) is 0 Å². The number of alkyl halides is 1. The first-order valence-electron chi connectivity index (χ1n) is 8.59. The third-order valence-electron chi connectivity index (χ3n) is 2.65. The average molecular weight is 508 g/mol. The van der Waals surface area contributed by atoms with Crippen molar-refractivity contribution in [3.05, 3.63) is 0 Å². The Hall–Kier alpha value is -2.50. The SMILES string of the molecule is CC#CC#CC#CC#CC#CC#CC#CC#CC(=O)O[C@H](COC(C)=O)CC(F)P(=O)([O-])[O-].[Na+].[Na+]. The molecule has 0 saturated carbocycles. The van der Waals surface area contributed by atoms with Crippen molar-refractivity contribution in [3.63, 3.8) is 0 Å². The van der Waals surface area contributed by atoms with E-state index in [1.165, 1.54) is 0 Å². The smallest absolute Gasteiger partial charge is 0.809 e. The summed E-state index contributed by atoms with van der Waals surface area (Å²) in [6, 6.07) is 0. The van der Waals surface area contributed by atoms with Gasteiger partial charge in [-0.05, 0) is 97.4 Å². The summed E-state index contributed by atoms with van der Waals surface area (Å²) in [5.74, 6) is 32.8. The Kier molecular flexibility index (Phi) is 24.6. The van der Waals surface area contributed by atoms with Crippen LogP contribution in [0.4, 0.5) is 4.39 Å². The molecule has 0 aliphatic heterocycles. The summed E-state index contributed by atoms with van der Waals surface area (Å²) in [5.41, 5.74) is 0. The number of carbonyl (C=O) groups is 2. The number of halogens is 1. The van der Waals surface area contributed by atoms with Crippen LogP contribution in [0.15, 0.2) is 0 Å². The summed E-state index contributed by atoms with van der Waals surface area (Å²) < 4.78 is 33.3. The van der Waals surface area contributed by atoms with Crippen molar-refractivity contribution in [2.24, 2.45) is 0 Å². The number of hydrogen-bond donors (Lipinski definition) is 0. The third kappa shape index (κ3) is 24.4. The van der Waals surface area contributed by atoms with Crippen molar-refractivity contribution >= 4 is 19.5 Å². The number of carbonyl (C=O) groups excluding carboxylic acids is 2. The van der Waals surface area contributed by atoms with Gasteiger partial charge in [-0.15, -0.1) is 0 Å². The van der Waals surface area contributed by atoms with Crippen molar-refractivity contribution in [2.45, 2.75) is 32.3 Å². The largest absolute Gasteiger partial charge is 1.00 e. The van der Waals surface area contributed by atoms with E-state index in [0.717, 1.165) is 6.92 Å². The molecule has 164 valence electrons. The van der Waals surface area contributed by atoms with Crippen molar-refractivity contribution in [3.8, 4) is 94.7 Å². The van der Waals surface area contributed by atoms with Gasteiger partial charge in [-0.2, -0.15) is 0 Å². The quantitative estimate of drug-likeness (QED) is 0.115. The Labute approximate surface area is 248 Å². The van der Waals surface area contributed by atoms with Gasteiger partial charge in [-0.3, -0.25) is 4.79 Å². The van der Waals surface area contributed by atoms with Crippen LogP contribution < -0.4 is 68.9 Å². The van der Waals surface area contributed by atoms with Crippen LogP contribution in [0.1, 0.15) is 20.3 Å². The maximum Gasteiger partial charge on any atom is 1.00 e. The van der Waals surface area contributed by atoms with E-state index in [1.807, 2.05) is 5.92 Å². The minimum absolute atomic E-state index is 0. The molecule has 0 saturated heterocycles. The van der Waals surface area contributed by atoms with E-state index in [9.17, 15) is 28.3 Å². The number of esters is 2. The minimum Gasteiger partial charge on any atom is -0.809 e. The second kappa shape index (κ2) is 23.3. The second-order valence-electron chi connectivity index (χ2n) is 5.16. The van der Waals surface area contributed by atoms with E-state index in [0.29, 0.717) is 0 Å². The Morgan fingerprint density at radius 1 is 0.829 bits per heavy atom. The zero-order chi connectivity index (χ0) is 25.0. The van der Waals surface area contributed by atoms with Crippen LogP contribution in [0.25, 0.3) is 0 Å². The van der Waals surface area contributed by atoms with Crippen molar-refractivity contribution < 1.29 is 96.9 Å².